The van der Waals surface area contributed by atoms with E-state index in [2.05, 4.69) is 0 Å². The van der Waals surface area contributed by atoms with Gasteiger partial charge < -0.3 is 9.64 Å². The molecule has 1 amide bonds. The Morgan fingerprint density at radius 2 is 1.92 bits per heavy atom. The number of ketones is 1. The predicted molar refractivity (Wildman–Crippen MR) is 95.6 cm³/mol. The van der Waals surface area contributed by atoms with Gasteiger partial charge in [0.15, 0.2) is 15.6 Å². The lowest BCUT2D eigenvalue weighted by molar-refractivity contribution is -0.133. The number of carbonyl (C=O) groups is 2. The average molecular weight is 367 g/mol. The summed E-state index contributed by atoms with van der Waals surface area (Å²) in [6.45, 7) is 4.30. The number of sulfone groups is 1. The van der Waals surface area contributed by atoms with Gasteiger partial charge in [0.05, 0.1) is 18.1 Å². The summed E-state index contributed by atoms with van der Waals surface area (Å²) >= 11 is 0. The van der Waals surface area contributed by atoms with Crippen molar-refractivity contribution in [1.82, 2.24) is 4.90 Å². The zero-order chi connectivity index (χ0) is 18.4. The van der Waals surface area contributed by atoms with Gasteiger partial charge >= 0.3 is 0 Å². The van der Waals surface area contributed by atoms with Crippen LogP contribution in [-0.2, 0) is 14.6 Å². The van der Waals surface area contributed by atoms with Crippen LogP contribution >= 0.6 is 0 Å². The molecule has 0 aromatic heterocycles. The Labute approximate surface area is 149 Å². The van der Waals surface area contributed by atoms with Gasteiger partial charge in [-0.2, -0.15) is 0 Å². The normalized spacial score (nSPS) is 18.7. The number of ether oxygens (including phenoxy) is 1. The van der Waals surface area contributed by atoms with E-state index in [9.17, 15) is 18.0 Å². The number of benzene rings is 1. The Morgan fingerprint density at radius 3 is 2.44 bits per heavy atom. The van der Waals surface area contributed by atoms with Gasteiger partial charge in [-0.05, 0) is 51.0 Å². The lowest BCUT2D eigenvalue weighted by atomic mass is 10.1. The molecule has 1 unspecified atom stereocenters. The number of carbonyl (C=O) groups excluding carboxylic acids is 2. The number of hydrogen-bond acceptors (Lipinski definition) is 5. The highest BCUT2D eigenvalue weighted by Gasteiger charge is 2.33. The molecule has 1 aliphatic heterocycles. The third-order valence-electron chi connectivity index (χ3n) is 4.37. The topological polar surface area (TPSA) is 80.8 Å². The van der Waals surface area contributed by atoms with Gasteiger partial charge in [-0.1, -0.05) is 0 Å². The van der Waals surface area contributed by atoms with Crippen molar-refractivity contribution in [3.8, 4) is 5.75 Å². The van der Waals surface area contributed by atoms with E-state index in [1.54, 1.807) is 29.2 Å². The quantitative estimate of drug-likeness (QED) is 0.519. The van der Waals surface area contributed by atoms with E-state index in [0.717, 1.165) is 0 Å². The van der Waals surface area contributed by atoms with Crippen LogP contribution in [0.1, 0.15) is 43.5 Å². The lowest BCUT2D eigenvalue weighted by Gasteiger charge is -2.26. The van der Waals surface area contributed by atoms with Crippen molar-refractivity contribution in [3.63, 3.8) is 0 Å². The zero-order valence-electron chi connectivity index (χ0n) is 14.7. The van der Waals surface area contributed by atoms with Gasteiger partial charge in [0.2, 0.25) is 5.91 Å². The molecule has 6 nitrogen and oxygen atoms in total. The van der Waals surface area contributed by atoms with E-state index in [0.29, 0.717) is 43.7 Å². The molecular formula is C18H25NO5S. The standard InChI is InChI=1S/C18H25NO5S/c1-3-19(16-10-12-25(22,23)13-16)18(21)5-4-11-24-17-8-6-15(7-9-17)14(2)20/h6-9,16H,3-5,10-13H2,1-2H3. The summed E-state index contributed by atoms with van der Waals surface area (Å²) in [6, 6.07) is 6.70. The second kappa shape index (κ2) is 8.47. The first-order valence-electron chi connectivity index (χ1n) is 8.56. The van der Waals surface area contributed by atoms with E-state index < -0.39 is 9.84 Å². The Morgan fingerprint density at radius 1 is 1.24 bits per heavy atom. The van der Waals surface area contributed by atoms with E-state index in [1.165, 1.54) is 6.92 Å². The average Bonchev–Trinajstić information content (AvgIpc) is 2.92. The molecule has 0 spiro atoms. The summed E-state index contributed by atoms with van der Waals surface area (Å²) < 4.78 is 28.8. The SMILES string of the molecule is CCN(C(=O)CCCOc1ccc(C(C)=O)cc1)C1CCS(=O)(=O)C1. The van der Waals surface area contributed by atoms with Crippen molar-refractivity contribution in [2.45, 2.75) is 39.2 Å². The first-order valence-corrected chi connectivity index (χ1v) is 10.4. The molecule has 0 aliphatic carbocycles. The van der Waals surface area contributed by atoms with Crippen LogP contribution in [0.3, 0.4) is 0 Å². The van der Waals surface area contributed by atoms with Gasteiger partial charge in [0.1, 0.15) is 5.75 Å². The second-order valence-electron chi connectivity index (χ2n) is 6.27. The minimum absolute atomic E-state index is 0.00531. The van der Waals surface area contributed by atoms with Crippen LogP contribution in [0.15, 0.2) is 24.3 Å². The molecule has 1 heterocycles. The smallest absolute Gasteiger partial charge is 0.222 e. The maximum Gasteiger partial charge on any atom is 0.222 e. The Kier molecular flexibility index (Phi) is 6.58. The molecule has 2 rings (SSSR count). The molecule has 138 valence electrons. The highest BCUT2D eigenvalue weighted by molar-refractivity contribution is 7.91. The summed E-state index contributed by atoms with van der Waals surface area (Å²) in [5.41, 5.74) is 0.632. The number of amides is 1. The number of Topliss-reactive ketones (excluding diaryl/α,β-unsaturated/α-hetero) is 1. The molecule has 0 saturated carbocycles. The van der Waals surface area contributed by atoms with Crippen LogP contribution in [0.4, 0.5) is 0 Å². The summed E-state index contributed by atoms with van der Waals surface area (Å²) in [5, 5.41) is 0. The number of hydrogen-bond donors (Lipinski definition) is 0. The summed E-state index contributed by atoms with van der Waals surface area (Å²) in [4.78, 5) is 25.2. The first-order chi connectivity index (χ1) is 11.8. The highest BCUT2D eigenvalue weighted by Crippen LogP contribution is 2.19. The van der Waals surface area contributed by atoms with E-state index in [4.69, 9.17) is 4.74 Å². The predicted octanol–water partition coefficient (Wildman–Crippen LogP) is 2.08. The molecule has 25 heavy (non-hydrogen) atoms. The molecule has 1 aliphatic rings. The van der Waals surface area contributed by atoms with Crippen molar-refractivity contribution < 1.29 is 22.7 Å². The van der Waals surface area contributed by atoms with Crippen LogP contribution in [0.25, 0.3) is 0 Å². The molecular weight excluding hydrogens is 342 g/mol. The van der Waals surface area contributed by atoms with Crippen LogP contribution in [0.2, 0.25) is 0 Å². The van der Waals surface area contributed by atoms with Crippen molar-refractivity contribution in [2.24, 2.45) is 0 Å². The van der Waals surface area contributed by atoms with Gasteiger partial charge in [-0.15, -0.1) is 0 Å². The minimum atomic E-state index is -3.00. The van der Waals surface area contributed by atoms with Crippen LogP contribution in [-0.4, -0.2) is 55.7 Å². The molecule has 0 bridgehead atoms. The number of rotatable bonds is 8. The molecule has 1 saturated heterocycles. The fourth-order valence-electron chi connectivity index (χ4n) is 3.00. The summed E-state index contributed by atoms with van der Waals surface area (Å²) in [5.74, 6) is 0.879. The van der Waals surface area contributed by atoms with Gasteiger partial charge in [0.25, 0.3) is 0 Å². The van der Waals surface area contributed by atoms with Crippen LogP contribution in [0.5, 0.6) is 5.75 Å². The molecule has 1 aromatic rings. The summed E-state index contributed by atoms with van der Waals surface area (Å²) in [7, 11) is -3.00. The van der Waals surface area contributed by atoms with Gasteiger partial charge in [-0.3, -0.25) is 9.59 Å². The largest absolute Gasteiger partial charge is 0.494 e. The second-order valence-corrected chi connectivity index (χ2v) is 8.50. The zero-order valence-corrected chi connectivity index (χ0v) is 15.5. The molecule has 1 fully saturated rings. The van der Waals surface area contributed by atoms with Crippen molar-refractivity contribution >= 4 is 21.5 Å². The summed E-state index contributed by atoms with van der Waals surface area (Å²) in [6.07, 6.45) is 1.42. The maximum atomic E-state index is 12.3. The van der Waals surface area contributed by atoms with Gasteiger partial charge in [-0.25, -0.2) is 8.42 Å². The van der Waals surface area contributed by atoms with Crippen molar-refractivity contribution in [2.75, 3.05) is 24.7 Å². The molecule has 0 radical (unpaired) electrons. The third kappa shape index (κ3) is 5.56. The maximum absolute atomic E-state index is 12.3. The minimum Gasteiger partial charge on any atom is -0.494 e. The fourth-order valence-corrected chi connectivity index (χ4v) is 4.73. The van der Waals surface area contributed by atoms with E-state index >= 15 is 0 Å². The fraction of sp³-hybridized carbons (Fsp3) is 0.556. The van der Waals surface area contributed by atoms with E-state index in [-0.39, 0.29) is 29.2 Å². The number of nitrogens with zero attached hydrogens (tertiary/aromatic N) is 1. The molecule has 7 heteroatoms. The van der Waals surface area contributed by atoms with Crippen molar-refractivity contribution in [1.29, 1.82) is 0 Å². The highest BCUT2D eigenvalue weighted by atomic mass is 32.2. The van der Waals surface area contributed by atoms with E-state index in [1.807, 2.05) is 6.92 Å². The van der Waals surface area contributed by atoms with Crippen LogP contribution in [0, 0.1) is 0 Å². The lowest BCUT2D eigenvalue weighted by Crippen LogP contribution is -2.41. The Bertz CT molecular complexity index is 711. The van der Waals surface area contributed by atoms with Crippen LogP contribution < -0.4 is 4.74 Å². The Balaban J connectivity index is 1.76. The monoisotopic (exact) mass is 367 g/mol. The van der Waals surface area contributed by atoms with Gasteiger partial charge in [0, 0.05) is 24.6 Å². The molecule has 0 N–H and O–H groups in total. The molecule has 1 aromatic carbocycles. The Hall–Kier alpha value is -1.89. The molecule has 1 atom stereocenters. The van der Waals surface area contributed by atoms with Crippen molar-refractivity contribution in [3.05, 3.63) is 29.8 Å². The first kappa shape index (κ1) is 19.4. The third-order valence-corrected chi connectivity index (χ3v) is 6.13.